The fraction of sp³-hybridized carbons (Fsp3) is 0.562. The number of carbonyl (C=O) groups is 1. The molecule has 0 fully saturated rings. The second-order valence-electron chi connectivity index (χ2n) is 4.88. The highest BCUT2D eigenvalue weighted by Gasteiger charge is 2.17. The van der Waals surface area contributed by atoms with E-state index >= 15 is 0 Å². The van der Waals surface area contributed by atoms with Crippen LogP contribution in [0.2, 0.25) is 0 Å². The first kappa shape index (κ1) is 14.7. The van der Waals surface area contributed by atoms with Crippen LogP contribution in [0.5, 0.6) is 0 Å². The van der Waals surface area contributed by atoms with Gasteiger partial charge in [-0.25, -0.2) is 0 Å². The van der Waals surface area contributed by atoms with Crippen molar-refractivity contribution in [2.24, 2.45) is 0 Å². The molecule has 0 radical (unpaired) electrons. The van der Waals surface area contributed by atoms with E-state index in [0.29, 0.717) is 6.04 Å². The molecule has 0 aliphatic carbocycles. The molecule has 0 saturated heterocycles. The van der Waals surface area contributed by atoms with Gasteiger partial charge < -0.3 is 4.90 Å². The number of benzene rings is 1. The minimum atomic E-state index is 0.149. The molecule has 100 valence electrons. The highest BCUT2D eigenvalue weighted by molar-refractivity contribution is 5.99. The predicted octanol–water partition coefficient (Wildman–Crippen LogP) is 4.29. The van der Waals surface area contributed by atoms with Gasteiger partial charge in [0.1, 0.15) is 0 Å². The molecule has 0 aliphatic heterocycles. The van der Waals surface area contributed by atoms with Crippen molar-refractivity contribution in [2.75, 3.05) is 11.4 Å². The summed E-state index contributed by atoms with van der Waals surface area (Å²) in [5, 5.41) is 0. The van der Waals surface area contributed by atoms with Crippen LogP contribution >= 0.6 is 0 Å². The summed E-state index contributed by atoms with van der Waals surface area (Å²) in [7, 11) is 0. The van der Waals surface area contributed by atoms with E-state index in [4.69, 9.17) is 0 Å². The fourth-order valence-electron chi connectivity index (χ4n) is 2.15. The summed E-state index contributed by atoms with van der Waals surface area (Å²) in [5.41, 5.74) is 1.93. The molecule has 0 heterocycles. The Labute approximate surface area is 111 Å². The number of hydrogen-bond acceptors (Lipinski definition) is 2. The number of rotatable bonds is 7. The molecule has 0 bridgehead atoms. The molecule has 0 aromatic heterocycles. The molecular weight excluding hydrogens is 222 g/mol. The monoisotopic (exact) mass is 247 g/mol. The van der Waals surface area contributed by atoms with Gasteiger partial charge in [-0.2, -0.15) is 0 Å². The maximum absolute atomic E-state index is 11.7. The molecule has 0 aliphatic rings. The van der Waals surface area contributed by atoms with E-state index in [-0.39, 0.29) is 5.78 Å². The topological polar surface area (TPSA) is 20.3 Å². The normalized spacial score (nSPS) is 12.2. The summed E-state index contributed by atoms with van der Waals surface area (Å²) >= 11 is 0. The van der Waals surface area contributed by atoms with Crippen LogP contribution in [-0.4, -0.2) is 18.4 Å². The number of para-hydroxylation sites is 1. The number of Topliss-reactive ketones (excluding diaryl/α,β-unsaturated/α-hetero) is 1. The van der Waals surface area contributed by atoms with E-state index < -0.39 is 0 Å². The summed E-state index contributed by atoms with van der Waals surface area (Å²) in [6.07, 6.45) is 3.43. The Kier molecular flexibility index (Phi) is 5.90. The lowest BCUT2D eigenvalue weighted by atomic mass is 10.1. The third kappa shape index (κ3) is 3.59. The first-order valence-corrected chi connectivity index (χ1v) is 6.98. The third-order valence-electron chi connectivity index (χ3n) is 3.47. The lowest BCUT2D eigenvalue weighted by Crippen LogP contribution is -2.34. The van der Waals surface area contributed by atoms with Crippen LogP contribution in [0.4, 0.5) is 5.69 Å². The van der Waals surface area contributed by atoms with Gasteiger partial charge in [0.25, 0.3) is 0 Å². The Morgan fingerprint density at radius 1 is 1.28 bits per heavy atom. The first-order valence-electron chi connectivity index (χ1n) is 6.98. The van der Waals surface area contributed by atoms with E-state index in [0.717, 1.165) is 30.6 Å². The van der Waals surface area contributed by atoms with Crippen molar-refractivity contribution in [1.29, 1.82) is 0 Å². The van der Waals surface area contributed by atoms with Crippen molar-refractivity contribution in [3.8, 4) is 0 Å². The Morgan fingerprint density at radius 2 is 1.94 bits per heavy atom. The van der Waals surface area contributed by atoms with E-state index in [1.807, 2.05) is 18.2 Å². The molecule has 2 heteroatoms. The summed E-state index contributed by atoms with van der Waals surface area (Å²) in [6, 6.07) is 8.42. The zero-order valence-corrected chi connectivity index (χ0v) is 12.1. The molecule has 1 aromatic rings. The maximum atomic E-state index is 11.7. The van der Waals surface area contributed by atoms with Gasteiger partial charge in [0.05, 0.1) is 0 Å². The molecule has 0 N–H and O–H groups in total. The number of unbranched alkanes of at least 4 members (excludes halogenated alkanes) is 1. The van der Waals surface area contributed by atoms with Crippen molar-refractivity contribution in [3.05, 3.63) is 29.8 Å². The molecule has 1 rings (SSSR count). The summed E-state index contributed by atoms with van der Waals surface area (Å²) in [4.78, 5) is 14.1. The van der Waals surface area contributed by atoms with Crippen molar-refractivity contribution in [3.63, 3.8) is 0 Å². The van der Waals surface area contributed by atoms with Crippen molar-refractivity contribution >= 4 is 11.5 Å². The average molecular weight is 247 g/mol. The largest absolute Gasteiger partial charge is 0.368 e. The summed E-state index contributed by atoms with van der Waals surface area (Å²) in [6.45, 7) is 9.29. The Morgan fingerprint density at radius 3 is 2.50 bits per heavy atom. The fourth-order valence-corrected chi connectivity index (χ4v) is 2.15. The minimum absolute atomic E-state index is 0.149. The van der Waals surface area contributed by atoms with E-state index in [2.05, 4.69) is 31.7 Å². The quantitative estimate of drug-likeness (QED) is 0.670. The van der Waals surface area contributed by atoms with Crippen LogP contribution in [0, 0.1) is 0 Å². The lowest BCUT2D eigenvalue weighted by molar-refractivity contribution is 0.101. The van der Waals surface area contributed by atoms with Crippen LogP contribution in [-0.2, 0) is 0 Å². The minimum Gasteiger partial charge on any atom is -0.368 e. The van der Waals surface area contributed by atoms with E-state index in [1.165, 1.54) is 6.42 Å². The van der Waals surface area contributed by atoms with Gasteiger partial charge in [-0.05, 0) is 38.8 Å². The average Bonchev–Trinajstić information content (AvgIpc) is 2.39. The standard InChI is InChI=1S/C16H25NO/c1-5-7-12-17(13(3)6-2)16-11-9-8-10-15(16)14(4)18/h8-11,13H,5-7,12H2,1-4H3. The number of carbonyl (C=O) groups excluding carboxylic acids is 1. The third-order valence-corrected chi connectivity index (χ3v) is 3.47. The predicted molar refractivity (Wildman–Crippen MR) is 78.5 cm³/mol. The second kappa shape index (κ2) is 7.20. The van der Waals surface area contributed by atoms with Gasteiger partial charge in [0, 0.05) is 23.8 Å². The molecule has 1 unspecified atom stereocenters. The van der Waals surface area contributed by atoms with Crippen LogP contribution in [0.3, 0.4) is 0 Å². The van der Waals surface area contributed by atoms with Crippen LogP contribution < -0.4 is 4.90 Å². The Bertz CT molecular complexity index is 386. The van der Waals surface area contributed by atoms with Crippen molar-refractivity contribution in [1.82, 2.24) is 0 Å². The van der Waals surface area contributed by atoms with E-state index in [1.54, 1.807) is 6.92 Å². The second-order valence-corrected chi connectivity index (χ2v) is 4.88. The summed E-state index contributed by atoms with van der Waals surface area (Å²) < 4.78 is 0. The molecular formula is C16H25NO. The number of hydrogen-bond donors (Lipinski definition) is 0. The van der Waals surface area contributed by atoms with Gasteiger partial charge >= 0.3 is 0 Å². The van der Waals surface area contributed by atoms with Gasteiger partial charge in [0.15, 0.2) is 5.78 Å². The number of ketones is 1. The molecule has 0 saturated carbocycles. The zero-order valence-electron chi connectivity index (χ0n) is 12.1. The molecule has 18 heavy (non-hydrogen) atoms. The van der Waals surface area contributed by atoms with Crippen LogP contribution in [0.1, 0.15) is 57.3 Å². The molecule has 1 aromatic carbocycles. The van der Waals surface area contributed by atoms with Crippen LogP contribution in [0.15, 0.2) is 24.3 Å². The van der Waals surface area contributed by atoms with Gasteiger partial charge in [-0.3, -0.25) is 4.79 Å². The first-order chi connectivity index (χ1) is 8.61. The Balaban J connectivity index is 3.07. The van der Waals surface area contributed by atoms with Gasteiger partial charge in [0.2, 0.25) is 0 Å². The zero-order chi connectivity index (χ0) is 13.5. The summed E-state index contributed by atoms with van der Waals surface area (Å²) in [5.74, 6) is 0.149. The lowest BCUT2D eigenvalue weighted by Gasteiger charge is -2.32. The Hall–Kier alpha value is -1.31. The highest BCUT2D eigenvalue weighted by atomic mass is 16.1. The number of anilines is 1. The van der Waals surface area contributed by atoms with Crippen molar-refractivity contribution < 1.29 is 4.79 Å². The molecule has 0 spiro atoms. The molecule has 0 amide bonds. The highest BCUT2D eigenvalue weighted by Crippen LogP contribution is 2.24. The van der Waals surface area contributed by atoms with Crippen LogP contribution in [0.25, 0.3) is 0 Å². The maximum Gasteiger partial charge on any atom is 0.161 e. The van der Waals surface area contributed by atoms with Crippen molar-refractivity contribution in [2.45, 2.75) is 53.0 Å². The van der Waals surface area contributed by atoms with E-state index in [9.17, 15) is 4.79 Å². The van der Waals surface area contributed by atoms with Gasteiger partial charge in [-0.1, -0.05) is 32.4 Å². The van der Waals surface area contributed by atoms with Gasteiger partial charge in [-0.15, -0.1) is 0 Å². The SMILES string of the molecule is CCCCN(c1ccccc1C(C)=O)C(C)CC. The number of nitrogens with zero attached hydrogens (tertiary/aromatic N) is 1. The smallest absolute Gasteiger partial charge is 0.161 e. The molecule has 1 atom stereocenters. The molecule has 2 nitrogen and oxygen atoms in total.